The van der Waals surface area contributed by atoms with Gasteiger partial charge in [-0.25, -0.2) is 0 Å². The number of amides is 4. The minimum Gasteiger partial charge on any atom is -0.508 e. The summed E-state index contributed by atoms with van der Waals surface area (Å²) in [6.07, 6.45) is 2.67. The Labute approximate surface area is 281 Å². The van der Waals surface area contributed by atoms with Crippen LogP contribution in [-0.4, -0.2) is 82.6 Å². The van der Waals surface area contributed by atoms with Crippen LogP contribution in [-0.2, 0) is 36.8 Å². The largest absolute Gasteiger partial charge is 0.508 e. The minimum absolute atomic E-state index is 0.0114. The number of aromatic hydroxyl groups is 2. The first-order chi connectivity index (χ1) is 22.4. The van der Waals surface area contributed by atoms with Gasteiger partial charge in [0.2, 0.25) is 23.6 Å². The zero-order chi connectivity index (χ0) is 34.9. The molecule has 0 radical (unpaired) electrons. The van der Waals surface area contributed by atoms with Crippen LogP contribution >= 0.6 is 12.6 Å². The van der Waals surface area contributed by atoms with E-state index < -0.39 is 53.8 Å². The molecule has 0 saturated heterocycles. The molecule has 0 aliphatic rings. The molecule has 2 aromatic carbocycles. The number of aldehydes is 1. The molecule has 0 aliphatic heterocycles. The fraction of sp³-hybridized carbons (Fsp3) is 0.485. The van der Waals surface area contributed by atoms with E-state index in [1.807, 2.05) is 13.8 Å². The second-order valence-corrected chi connectivity index (χ2v) is 11.9. The summed E-state index contributed by atoms with van der Waals surface area (Å²) in [5, 5.41) is 30.2. The number of phenols is 2. The molecular formula is C33H48N6O7S. The van der Waals surface area contributed by atoms with Crippen LogP contribution in [0.4, 0.5) is 0 Å². The maximum atomic E-state index is 13.8. The van der Waals surface area contributed by atoms with Gasteiger partial charge in [-0.05, 0) is 67.1 Å². The van der Waals surface area contributed by atoms with E-state index in [1.54, 1.807) is 24.3 Å². The highest BCUT2D eigenvalue weighted by Crippen LogP contribution is 2.15. The Kier molecular flexibility index (Phi) is 16.8. The molecule has 0 fully saturated rings. The lowest BCUT2D eigenvalue weighted by Gasteiger charge is -2.27. The van der Waals surface area contributed by atoms with E-state index in [2.05, 4.69) is 33.9 Å². The van der Waals surface area contributed by atoms with Gasteiger partial charge in [-0.1, -0.05) is 44.5 Å². The number of carbonyl (C=O) groups excluding carboxylic acids is 5. The van der Waals surface area contributed by atoms with Gasteiger partial charge in [0.1, 0.15) is 35.9 Å². The fourth-order valence-corrected chi connectivity index (χ4v) is 4.82. The molecule has 4 amide bonds. The number of unbranched alkanes of at least 4 members (excludes halogenated alkanes) is 1. The van der Waals surface area contributed by atoms with Crippen LogP contribution in [0.5, 0.6) is 11.5 Å². The number of phenolic OH excluding ortho intramolecular Hbond substituents is 2. The van der Waals surface area contributed by atoms with Gasteiger partial charge >= 0.3 is 0 Å². The van der Waals surface area contributed by atoms with Crippen molar-refractivity contribution in [2.75, 3.05) is 12.3 Å². The molecule has 0 unspecified atom stereocenters. The molecule has 0 aliphatic carbocycles. The quantitative estimate of drug-likeness (QED) is 0.0540. The highest BCUT2D eigenvalue weighted by atomic mass is 32.1. The van der Waals surface area contributed by atoms with Crippen LogP contribution in [0.3, 0.4) is 0 Å². The van der Waals surface area contributed by atoms with Gasteiger partial charge in [-0.2, -0.15) is 12.6 Å². The van der Waals surface area contributed by atoms with Crippen LogP contribution in [0.25, 0.3) is 0 Å². The van der Waals surface area contributed by atoms with Crippen molar-refractivity contribution in [2.45, 2.75) is 82.6 Å². The average molecular weight is 673 g/mol. The molecule has 0 saturated carbocycles. The Bertz CT molecular complexity index is 1310. The number of hydrogen-bond donors (Lipinski definition) is 9. The third-order valence-corrected chi connectivity index (χ3v) is 8.24. The monoisotopic (exact) mass is 672 g/mol. The smallest absolute Gasteiger partial charge is 0.243 e. The van der Waals surface area contributed by atoms with Gasteiger partial charge in [0.15, 0.2) is 0 Å². The highest BCUT2D eigenvalue weighted by molar-refractivity contribution is 7.80. The topological polar surface area (TPSA) is 226 Å². The minimum atomic E-state index is -1.22. The summed E-state index contributed by atoms with van der Waals surface area (Å²) >= 11 is 4.06. The number of nitrogens with one attached hydrogen (secondary N) is 4. The van der Waals surface area contributed by atoms with Crippen molar-refractivity contribution in [3.8, 4) is 11.5 Å². The van der Waals surface area contributed by atoms with Gasteiger partial charge in [0.05, 0.1) is 12.1 Å². The second-order valence-electron chi connectivity index (χ2n) is 11.6. The van der Waals surface area contributed by atoms with Gasteiger partial charge < -0.3 is 47.7 Å². The first-order valence-electron chi connectivity index (χ1n) is 15.7. The number of hydrogen-bond acceptors (Lipinski definition) is 10. The van der Waals surface area contributed by atoms with E-state index in [1.165, 1.54) is 24.3 Å². The standard InChI is InChI=1S/C33H48N6O7S/c1-3-20(2)29(18-40)39-31(44)26(6-4-5-15-34)36-32(45)28(17-22-9-13-24(42)14-10-22)38-33(46)27(37-30(43)25(35)19-47)16-21-7-11-23(41)12-8-21/h7-14,18,20,25-29,41-42,47H,3-6,15-17,19,34-35H2,1-2H3,(H,36,45)(H,37,43)(H,38,46)(H,39,44)/t20-,25-,26-,27-,28-,29+/m0/s1. The predicted molar refractivity (Wildman–Crippen MR) is 182 cm³/mol. The van der Waals surface area contributed by atoms with Crippen LogP contribution in [0.15, 0.2) is 48.5 Å². The molecule has 0 bridgehead atoms. The van der Waals surface area contributed by atoms with Gasteiger partial charge in [0, 0.05) is 18.6 Å². The zero-order valence-electron chi connectivity index (χ0n) is 26.9. The Morgan fingerprint density at radius 3 is 1.64 bits per heavy atom. The van der Waals surface area contributed by atoms with E-state index in [-0.39, 0.29) is 42.4 Å². The first-order valence-corrected chi connectivity index (χ1v) is 16.3. The molecule has 10 N–H and O–H groups in total. The summed E-state index contributed by atoms with van der Waals surface area (Å²) < 4.78 is 0. The van der Waals surface area contributed by atoms with Gasteiger partial charge in [-0.15, -0.1) is 0 Å². The molecule has 14 heteroatoms. The van der Waals surface area contributed by atoms with Crippen molar-refractivity contribution in [1.29, 1.82) is 0 Å². The number of thiol groups is 1. The number of benzene rings is 2. The van der Waals surface area contributed by atoms with Crippen molar-refractivity contribution in [2.24, 2.45) is 17.4 Å². The van der Waals surface area contributed by atoms with Crippen molar-refractivity contribution in [3.63, 3.8) is 0 Å². The zero-order valence-corrected chi connectivity index (χ0v) is 27.7. The summed E-state index contributed by atoms with van der Waals surface area (Å²) in [6.45, 7) is 4.12. The number of nitrogens with two attached hydrogens (primary N) is 2. The van der Waals surface area contributed by atoms with Crippen molar-refractivity contribution in [1.82, 2.24) is 21.3 Å². The van der Waals surface area contributed by atoms with Crippen LogP contribution in [0.2, 0.25) is 0 Å². The maximum absolute atomic E-state index is 13.8. The van der Waals surface area contributed by atoms with Crippen molar-refractivity contribution < 1.29 is 34.2 Å². The van der Waals surface area contributed by atoms with E-state index in [0.29, 0.717) is 43.2 Å². The molecule has 258 valence electrons. The van der Waals surface area contributed by atoms with E-state index in [0.717, 1.165) is 0 Å². The lowest BCUT2D eigenvalue weighted by atomic mass is 9.99. The first kappa shape index (κ1) is 39.0. The Hall–Kier alpha value is -4.14. The van der Waals surface area contributed by atoms with Crippen LogP contribution in [0, 0.1) is 5.92 Å². The lowest BCUT2D eigenvalue weighted by molar-refractivity contribution is -0.134. The molecule has 0 aromatic heterocycles. The summed E-state index contributed by atoms with van der Waals surface area (Å²) in [6, 6.07) is 6.99. The Morgan fingerprint density at radius 2 is 1.21 bits per heavy atom. The predicted octanol–water partition coefficient (Wildman–Crippen LogP) is 0.453. The van der Waals surface area contributed by atoms with Crippen LogP contribution < -0.4 is 32.7 Å². The fourth-order valence-electron chi connectivity index (χ4n) is 4.65. The summed E-state index contributed by atoms with van der Waals surface area (Å²) in [5.74, 6) is -2.60. The van der Waals surface area contributed by atoms with Gasteiger partial charge in [0.25, 0.3) is 0 Å². The van der Waals surface area contributed by atoms with E-state index in [9.17, 15) is 34.2 Å². The third-order valence-electron chi connectivity index (χ3n) is 7.84. The Morgan fingerprint density at radius 1 is 0.766 bits per heavy atom. The maximum Gasteiger partial charge on any atom is 0.243 e. The number of carbonyl (C=O) groups is 5. The SMILES string of the molecule is CC[C@H](C)[C@@H](C=O)NC(=O)[C@H](CCCCN)NC(=O)[C@H](Cc1ccc(O)cc1)NC(=O)[C@H](Cc1ccc(O)cc1)NC(=O)[C@@H](N)CS. The van der Waals surface area contributed by atoms with Crippen molar-refractivity contribution in [3.05, 3.63) is 59.7 Å². The molecule has 0 spiro atoms. The molecule has 13 nitrogen and oxygen atoms in total. The van der Waals surface area contributed by atoms with Gasteiger partial charge in [-0.3, -0.25) is 19.2 Å². The van der Waals surface area contributed by atoms with Crippen LogP contribution in [0.1, 0.15) is 50.7 Å². The summed E-state index contributed by atoms with van der Waals surface area (Å²) in [7, 11) is 0. The molecular weight excluding hydrogens is 624 g/mol. The highest BCUT2D eigenvalue weighted by Gasteiger charge is 2.31. The normalized spacial score (nSPS) is 14.8. The summed E-state index contributed by atoms with van der Waals surface area (Å²) in [5.41, 5.74) is 12.7. The lowest BCUT2D eigenvalue weighted by Crippen LogP contribution is -2.59. The summed E-state index contributed by atoms with van der Waals surface area (Å²) in [4.78, 5) is 65.4. The molecule has 0 heterocycles. The third kappa shape index (κ3) is 13.2. The Balaban J connectivity index is 2.39. The van der Waals surface area contributed by atoms with Crippen molar-refractivity contribution >= 4 is 42.5 Å². The second kappa shape index (κ2) is 20.2. The number of rotatable bonds is 20. The molecule has 47 heavy (non-hydrogen) atoms. The average Bonchev–Trinajstić information content (AvgIpc) is 3.06. The molecule has 2 rings (SSSR count). The molecule has 6 atom stereocenters. The van der Waals surface area contributed by atoms with E-state index >= 15 is 0 Å². The van der Waals surface area contributed by atoms with E-state index in [4.69, 9.17) is 11.5 Å². The molecule has 2 aromatic rings.